The maximum absolute atomic E-state index is 5.45. The topological polar surface area (TPSA) is 9.23 Å². The molecule has 0 fully saturated rings. The summed E-state index contributed by atoms with van der Waals surface area (Å²) in [6.45, 7) is 2.85. The Bertz CT molecular complexity index is 330. The van der Waals surface area contributed by atoms with Gasteiger partial charge in [0.1, 0.15) is 0 Å². The van der Waals surface area contributed by atoms with Crippen molar-refractivity contribution in [2.24, 2.45) is 0 Å². The molecule has 1 atom stereocenters. The van der Waals surface area contributed by atoms with Crippen LogP contribution < -0.4 is 18.9 Å². The van der Waals surface area contributed by atoms with E-state index in [4.69, 9.17) is 4.43 Å². The van der Waals surface area contributed by atoms with E-state index in [9.17, 15) is 0 Å². The van der Waals surface area contributed by atoms with E-state index in [2.05, 4.69) is 36.4 Å². The number of fused-ring (bicyclic) bond motifs is 1. The van der Waals surface area contributed by atoms with E-state index >= 15 is 0 Å². The predicted molar refractivity (Wildman–Crippen MR) is 56.7 cm³/mol. The summed E-state index contributed by atoms with van der Waals surface area (Å²) in [5.41, 5.74) is 3.25. The third kappa shape index (κ3) is 2.40. The molecule has 0 saturated heterocycles. The third-order valence-corrected chi connectivity index (χ3v) is 3.37. The van der Waals surface area contributed by atoms with Crippen molar-refractivity contribution in [1.82, 2.24) is 0 Å². The summed E-state index contributed by atoms with van der Waals surface area (Å²) in [5, 5.41) is 0. The summed E-state index contributed by atoms with van der Waals surface area (Å²) in [5.74, 6) is 0. The molecular formula is C11H13LiOSi. The molecule has 1 aliphatic rings. The summed E-state index contributed by atoms with van der Waals surface area (Å²) in [6, 6.07) is 8.51. The molecule has 1 nitrogen and oxygen atoms in total. The molecule has 0 bridgehead atoms. The number of hydrogen-bond donors (Lipinski definition) is 0. The van der Waals surface area contributed by atoms with Crippen molar-refractivity contribution in [3.8, 4) is 0 Å². The molecule has 1 aromatic carbocycles. The molecule has 0 aromatic heterocycles. The largest absolute Gasteiger partial charge is 1.00 e. The van der Waals surface area contributed by atoms with Gasteiger partial charge in [0.15, 0.2) is 0 Å². The average Bonchev–Trinajstić information content (AvgIpc) is 2.58. The fourth-order valence-corrected chi connectivity index (χ4v) is 2.44. The summed E-state index contributed by atoms with van der Waals surface area (Å²) in [4.78, 5) is 0. The van der Waals surface area contributed by atoms with Crippen molar-refractivity contribution in [1.29, 1.82) is 0 Å². The second kappa shape index (κ2) is 5.58. The molecule has 2 radical (unpaired) electrons. The molecule has 0 aliphatic heterocycles. The monoisotopic (exact) mass is 196 g/mol. The van der Waals surface area contributed by atoms with E-state index in [1.807, 2.05) is 6.92 Å². The van der Waals surface area contributed by atoms with Crippen molar-refractivity contribution in [3.63, 3.8) is 0 Å². The molecule has 0 N–H and O–H groups in total. The Labute approximate surface area is 101 Å². The first kappa shape index (κ1) is 11.8. The van der Waals surface area contributed by atoms with Crippen LogP contribution in [0, 0.1) is 0 Å². The van der Waals surface area contributed by atoms with E-state index in [1.54, 1.807) is 0 Å². The van der Waals surface area contributed by atoms with Gasteiger partial charge in [-0.3, -0.25) is 0 Å². The molecule has 1 aromatic rings. The Morgan fingerprint density at radius 2 is 2.21 bits per heavy atom. The van der Waals surface area contributed by atoms with Crippen LogP contribution in [0.15, 0.2) is 30.3 Å². The van der Waals surface area contributed by atoms with Gasteiger partial charge in [-0.15, -0.1) is 0 Å². The van der Waals surface area contributed by atoms with Gasteiger partial charge in [-0.05, 0) is 18.1 Å². The maximum Gasteiger partial charge on any atom is 1.00 e. The van der Waals surface area contributed by atoms with Gasteiger partial charge < -0.3 is 5.85 Å². The second-order valence-corrected chi connectivity index (χ2v) is 4.16. The first-order chi connectivity index (χ1) is 6.42. The quantitative estimate of drug-likeness (QED) is 0.594. The van der Waals surface area contributed by atoms with Crippen molar-refractivity contribution >= 4 is 15.8 Å². The molecule has 0 heterocycles. The zero-order valence-corrected chi connectivity index (χ0v) is 9.66. The van der Waals surface area contributed by atoms with Gasteiger partial charge in [-0.1, -0.05) is 36.4 Å². The van der Waals surface area contributed by atoms with Gasteiger partial charge in [0, 0.05) is 12.1 Å². The Kier molecular flexibility index (Phi) is 4.70. The van der Waals surface area contributed by atoms with Crippen LogP contribution in [0.1, 0.15) is 25.0 Å². The van der Waals surface area contributed by atoms with E-state index in [0.717, 1.165) is 6.61 Å². The van der Waals surface area contributed by atoms with Gasteiger partial charge in [0.2, 0.25) is 9.76 Å². The first-order valence-electron chi connectivity index (χ1n) is 4.56. The van der Waals surface area contributed by atoms with E-state index in [0.29, 0.717) is 15.3 Å². The molecule has 0 saturated carbocycles. The minimum atomic E-state index is 0. The van der Waals surface area contributed by atoms with Gasteiger partial charge in [0.25, 0.3) is 0 Å². The molecule has 0 amide bonds. The number of hydrogen-bond acceptors (Lipinski definition) is 1. The van der Waals surface area contributed by atoms with Gasteiger partial charge in [-0.2, -0.15) is 0 Å². The van der Waals surface area contributed by atoms with Gasteiger partial charge in [0.05, 0.1) is 0 Å². The van der Waals surface area contributed by atoms with Crippen molar-refractivity contribution < 1.29 is 24.7 Å². The summed E-state index contributed by atoms with van der Waals surface area (Å²) in [7, 11) is 0.566. The molecular weight excluding hydrogens is 183 g/mol. The van der Waals surface area contributed by atoms with Crippen LogP contribution in [-0.4, -0.2) is 16.4 Å². The number of allylic oxidation sites excluding steroid dienone is 1. The standard InChI is InChI=1S/C11H12OSi.Li.H/c1-2-12-13-11-8-7-9-5-3-4-6-10(9)11;;/h3-8,11H,2H2,1H3;;/q;+1;-1. The van der Waals surface area contributed by atoms with Gasteiger partial charge in [-0.25, -0.2) is 0 Å². The minimum absolute atomic E-state index is 0. The number of rotatable bonds is 3. The number of benzene rings is 1. The molecule has 68 valence electrons. The third-order valence-electron chi connectivity index (χ3n) is 2.15. The van der Waals surface area contributed by atoms with E-state index < -0.39 is 0 Å². The minimum Gasteiger partial charge on any atom is -1.00 e. The van der Waals surface area contributed by atoms with Crippen LogP contribution in [0.4, 0.5) is 0 Å². The van der Waals surface area contributed by atoms with Crippen LogP contribution in [0.25, 0.3) is 6.08 Å². The Balaban J connectivity index is 0.000000980. The van der Waals surface area contributed by atoms with Crippen LogP contribution >= 0.6 is 0 Å². The molecule has 1 unspecified atom stereocenters. The van der Waals surface area contributed by atoms with Crippen LogP contribution in [0.2, 0.25) is 0 Å². The van der Waals surface area contributed by atoms with E-state index in [1.165, 1.54) is 11.1 Å². The first-order valence-corrected chi connectivity index (χ1v) is 5.55. The average molecular weight is 196 g/mol. The predicted octanol–water partition coefficient (Wildman–Crippen LogP) is -0.473. The van der Waals surface area contributed by atoms with Crippen LogP contribution in [0.3, 0.4) is 0 Å². The molecule has 1 aliphatic carbocycles. The van der Waals surface area contributed by atoms with Gasteiger partial charge >= 0.3 is 18.9 Å². The SMILES string of the molecule is CCO[Si]C1C=Cc2ccccc21.[H-].[Li+]. The van der Waals surface area contributed by atoms with Crippen LogP contribution in [-0.2, 0) is 4.43 Å². The molecule has 14 heavy (non-hydrogen) atoms. The molecule has 0 spiro atoms. The van der Waals surface area contributed by atoms with E-state index in [-0.39, 0.29) is 20.3 Å². The fourth-order valence-electron chi connectivity index (χ4n) is 1.53. The molecule has 3 heteroatoms. The summed E-state index contributed by atoms with van der Waals surface area (Å²) >= 11 is 0. The Hall–Kier alpha value is -0.266. The smallest absolute Gasteiger partial charge is 1.00 e. The van der Waals surface area contributed by atoms with Crippen molar-refractivity contribution in [2.45, 2.75) is 12.5 Å². The normalized spacial score (nSPS) is 17.6. The second-order valence-electron chi connectivity index (χ2n) is 3.02. The Morgan fingerprint density at radius 1 is 1.43 bits per heavy atom. The van der Waals surface area contributed by atoms with Crippen LogP contribution in [0.5, 0.6) is 0 Å². The summed E-state index contributed by atoms with van der Waals surface area (Å²) in [6.07, 6.45) is 4.42. The van der Waals surface area contributed by atoms with Crippen molar-refractivity contribution in [3.05, 3.63) is 41.5 Å². The Morgan fingerprint density at radius 3 is 3.00 bits per heavy atom. The zero-order valence-electron chi connectivity index (χ0n) is 9.66. The summed E-state index contributed by atoms with van der Waals surface area (Å²) < 4.78 is 5.45. The maximum atomic E-state index is 5.45. The van der Waals surface area contributed by atoms with Crippen molar-refractivity contribution in [2.75, 3.05) is 6.61 Å². The zero-order chi connectivity index (χ0) is 9.10. The molecule has 2 rings (SSSR count). The fraction of sp³-hybridized carbons (Fsp3) is 0.273.